The zero-order chi connectivity index (χ0) is 45.1. The summed E-state index contributed by atoms with van der Waals surface area (Å²) in [7, 11) is 0. The summed E-state index contributed by atoms with van der Waals surface area (Å²) in [5.41, 5.74) is 5.32. The lowest BCUT2D eigenvalue weighted by molar-refractivity contribution is -0.144. The Bertz CT molecular complexity index is 2240. The average molecular weight is 847 g/mol. The molecule has 6 amide bonds. The Kier molecular flexibility index (Phi) is 15.3. The van der Waals surface area contributed by atoms with E-state index in [4.69, 9.17) is 5.73 Å². The largest absolute Gasteiger partial charge is 0.508 e. The molecule has 0 aliphatic carbocycles. The topological polar surface area (TPSA) is 340 Å². The SMILES string of the molecule is CC(C)(NC(=O)CNC(=O)[C@H](Cc1cnc[nH]1)NC(=O)[C@@H](N)Cc1c[nH]c2ccccc12)C(=O)NC(C)(C)C(=O)N[C@@H](CC(=O)O)C(=O)N[C@@H](Cc1ccc(O)cc1)C(=O)O. The monoisotopic (exact) mass is 846 g/mol. The molecule has 0 radical (unpaired) electrons. The normalized spacial score (nSPS) is 13.5. The van der Waals surface area contributed by atoms with Gasteiger partial charge in [0.1, 0.15) is 35.0 Å². The number of carbonyl (C=O) groups is 8. The van der Waals surface area contributed by atoms with Gasteiger partial charge < -0.3 is 62.9 Å². The molecule has 0 saturated heterocycles. The molecule has 13 N–H and O–H groups in total. The fraction of sp³-hybridized carbons (Fsp3) is 0.375. The third-order valence-electron chi connectivity index (χ3n) is 9.49. The van der Waals surface area contributed by atoms with E-state index in [2.05, 4.69) is 46.9 Å². The van der Waals surface area contributed by atoms with E-state index in [0.29, 0.717) is 11.3 Å². The number of nitrogens with zero attached hydrogens (tertiary/aromatic N) is 1. The highest BCUT2D eigenvalue weighted by Crippen LogP contribution is 2.19. The Hall–Kier alpha value is -7.29. The summed E-state index contributed by atoms with van der Waals surface area (Å²) >= 11 is 0. The second kappa shape index (κ2) is 20.1. The van der Waals surface area contributed by atoms with Gasteiger partial charge in [-0.05, 0) is 63.4 Å². The molecular weight excluding hydrogens is 796 g/mol. The molecule has 4 atom stereocenters. The molecule has 0 saturated carbocycles. The first-order valence-electron chi connectivity index (χ1n) is 19.0. The van der Waals surface area contributed by atoms with Crippen LogP contribution in [0.1, 0.15) is 50.9 Å². The molecule has 0 fully saturated rings. The summed E-state index contributed by atoms with van der Waals surface area (Å²) in [5.74, 6) is -8.23. The number of carboxylic acid groups (broad SMARTS) is 2. The Morgan fingerprint density at radius 3 is 2.03 bits per heavy atom. The van der Waals surface area contributed by atoms with E-state index in [1.807, 2.05) is 24.3 Å². The predicted molar refractivity (Wildman–Crippen MR) is 217 cm³/mol. The molecule has 61 heavy (non-hydrogen) atoms. The summed E-state index contributed by atoms with van der Waals surface area (Å²) in [5, 5.41) is 44.0. The molecule has 0 unspecified atom stereocenters. The van der Waals surface area contributed by atoms with Gasteiger partial charge in [-0.1, -0.05) is 30.3 Å². The molecule has 2 aromatic heterocycles. The second-order valence-electron chi connectivity index (χ2n) is 15.4. The van der Waals surface area contributed by atoms with Gasteiger partial charge in [-0.2, -0.15) is 0 Å². The van der Waals surface area contributed by atoms with Gasteiger partial charge in [-0.25, -0.2) is 9.78 Å². The third-order valence-corrected chi connectivity index (χ3v) is 9.49. The number of aliphatic carboxylic acids is 2. The van der Waals surface area contributed by atoms with Crippen LogP contribution in [-0.4, -0.2) is 119 Å². The lowest BCUT2D eigenvalue weighted by Gasteiger charge is -2.32. The number of carboxylic acids is 2. The number of rotatable bonds is 21. The highest BCUT2D eigenvalue weighted by atomic mass is 16.4. The van der Waals surface area contributed by atoms with E-state index in [-0.39, 0.29) is 25.0 Å². The molecule has 21 heteroatoms. The van der Waals surface area contributed by atoms with Crippen LogP contribution >= 0.6 is 0 Å². The standard InChI is InChI=1S/C40H50N10O11/c1-39(2,37(60)48-29(16-32(53)54)35(57)47-30(36(58)59)13-21-9-11-24(51)12-10-21)50-38(61)40(3,4)49-31(52)19-44-34(56)28(15-23-18-42-20-45-23)46-33(55)26(41)14-22-17-43-27-8-6-5-7-25(22)27/h5-12,17-18,20,26,28-30,43,51H,13-16,19,41H2,1-4H3,(H,42,45)(H,44,56)(H,46,55)(H,47,57)(H,48,60)(H,49,52)(H,50,61)(H,53,54)(H,58,59)/t26-,28-,29-,30-/m0/s1. The Morgan fingerprint density at radius 1 is 0.738 bits per heavy atom. The van der Waals surface area contributed by atoms with Crippen molar-refractivity contribution in [2.45, 2.75) is 88.6 Å². The number of fused-ring (bicyclic) bond motifs is 1. The maximum atomic E-state index is 13.4. The van der Waals surface area contributed by atoms with Gasteiger partial charge in [0.2, 0.25) is 35.4 Å². The van der Waals surface area contributed by atoms with Crippen LogP contribution in [0.15, 0.2) is 67.3 Å². The van der Waals surface area contributed by atoms with Crippen LogP contribution < -0.4 is 37.6 Å². The second-order valence-corrected chi connectivity index (χ2v) is 15.4. The lowest BCUT2D eigenvalue weighted by atomic mass is 9.98. The minimum Gasteiger partial charge on any atom is -0.508 e. The van der Waals surface area contributed by atoms with E-state index in [1.54, 1.807) is 6.20 Å². The van der Waals surface area contributed by atoms with Crippen molar-refractivity contribution < 1.29 is 53.7 Å². The van der Waals surface area contributed by atoms with Crippen molar-refractivity contribution in [2.75, 3.05) is 6.54 Å². The molecule has 2 aromatic carbocycles. The molecular formula is C40H50N10O11. The van der Waals surface area contributed by atoms with Crippen molar-refractivity contribution in [3.63, 3.8) is 0 Å². The molecule has 0 aliphatic heterocycles. The Balaban J connectivity index is 1.33. The van der Waals surface area contributed by atoms with Gasteiger partial charge >= 0.3 is 11.9 Å². The van der Waals surface area contributed by atoms with E-state index in [1.165, 1.54) is 64.5 Å². The number of benzene rings is 2. The summed E-state index contributed by atoms with van der Waals surface area (Å²) in [6.45, 7) is 4.49. The van der Waals surface area contributed by atoms with Crippen LogP contribution in [0.5, 0.6) is 5.75 Å². The number of phenols is 1. The quantitative estimate of drug-likeness (QED) is 0.0473. The molecule has 0 spiro atoms. The summed E-state index contributed by atoms with van der Waals surface area (Å²) in [6.07, 6.45) is 3.58. The number of H-pyrrole nitrogens is 2. The van der Waals surface area contributed by atoms with E-state index in [9.17, 15) is 53.7 Å². The zero-order valence-corrected chi connectivity index (χ0v) is 33.8. The Morgan fingerprint density at radius 2 is 1.39 bits per heavy atom. The van der Waals surface area contributed by atoms with E-state index < -0.39 is 95.6 Å². The number of amides is 6. The van der Waals surface area contributed by atoms with Gasteiger partial charge in [-0.3, -0.25) is 33.6 Å². The highest BCUT2D eigenvalue weighted by molar-refractivity contribution is 5.99. The minimum absolute atomic E-state index is 0.0288. The lowest BCUT2D eigenvalue weighted by Crippen LogP contribution is -2.65. The van der Waals surface area contributed by atoms with Crippen LogP contribution in [-0.2, 0) is 57.6 Å². The van der Waals surface area contributed by atoms with E-state index in [0.717, 1.165) is 16.5 Å². The smallest absolute Gasteiger partial charge is 0.326 e. The number of phenolic OH excluding ortho intramolecular Hbond substituents is 1. The maximum Gasteiger partial charge on any atom is 0.326 e. The fourth-order valence-electron chi connectivity index (χ4n) is 6.03. The first-order valence-corrected chi connectivity index (χ1v) is 19.0. The van der Waals surface area contributed by atoms with Crippen LogP contribution in [0.2, 0.25) is 0 Å². The number of nitrogens with two attached hydrogens (primary N) is 1. The number of nitrogens with one attached hydrogen (secondary N) is 8. The van der Waals surface area contributed by atoms with Crippen LogP contribution in [0.25, 0.3) is 10.9 Å². The van der Waals surface area contributed by atoms with Crippen molar-refractivity contribution in [3.05, 3.63) is 84.1 Å². The van der Waals surface area contributed by atoms with Crippen molar-refractivity contribution in [1.29, 1.82) is 0 Å². The molecule has 4 aromatic rings. The number of para-hydroxylation sites is 1. The molecule has 326 valence electrons. The summed E-state index contributed by atoms with van der Waals surface area (Å²) < 4.78 is 0. The number of hydrogen-bond acceptors (Lipinski definition) is 11. The van der Waals surface area contributed by atoms with Crippen molar-refractivity contribution >= 4 is 58.3 Å². The van der Waals surface area contributed by atoms with Crippen LogP contribution in [0, 0.1) is 0 Å². The maximum absolute atomic E-state index is 13.4. The molecule has 0 aliphatic rings. The summed E-state index contributed by atoms with van der Waals surface area (Å²) in [6, 6.07) is 7.49. The number of hydrogen-bond donors (Lipinski definition) is 12. The number of imidazole rings is 1. The Labute approximate surface area is 349 Å². The number of aromatic nitrogens is 3. The third kappa shape index (κ3) is 13.4. The van der Waals surface area contributed by atoms with Crippen LogP contribution in [0.3, 0.4) is 0 Å². The molecule has 21 nitrogen and oxygen atoms in total. The van der Waals surface area contributed by atoms with Gasteiger partial charge in [-0.15, -0.1) is 0 Å². The first-order chi connectivity index (χ1) is 28.6. The first kappa shape index (κ1) is 46.4. The average Bonchev–Trinajstić information content (AvgIpc) is 3.86. The van der Waals surface area contributed by atoms with Crippen molar-refractivity contribution in [1.82, 2.24) is 46.9 Å². The zero-order valence-electron chi connectivity index (χ0n) is 33.8. The van der Waals surface area contributed by atoms with Gasteiger partial charge in [0, 0.05) is 41.8 Å². The van der Waals surface area contributed by atoms with Gasteiger partial charge in [0.05, 0.1) is 25.3 Å². The number of aromatic hydroxyl groups is 1. The van der Waals surface area contributed by atoms with Gasteiger partial charge in [0.15, 0.2) is 0 Å². The van der Waals surface area contributed by atoms with E-state index >= 15 is 0 Å². The number of aromatic amines is 2. The van der Waals surface area contributed by atoms with Crippen molar-refractivity contribution in [3.8, 4) is 5.75 Å². The molecule has 0 bridgehead atoms. The predicted octanol–water partition coefficient (Wildman–Crippen LogP) is -1.13. The minimum atomic E-state index is -1.82. The summed E-state index contributed by atoms with van der Waals surface area (Å²) in [4.78, 5) is 113. The molecule has 2 heterocycles. The van der Waals surface area contributed by atoms with Crippen LogP contribution in [0.4, 0.5) is 0 Å². The molecule has 4 rings (SSSR count). The van der Waals surface area contributed by atoms with Crippen molar-refractivity contribution in [2.24, 2.45) is 5.73 Å². The number of carbonyl (C=O) groups excluding carboxylic acids is 6. The fourth-order valence-corrected chi connectivity index (χ4v) is 6.03. The van der Waals surface area contributed by atoms with Gasteiger partial charge in [0.25, 0.3) is 0 Å². The highest BCUT2D eigenvalue weighted by Gasteiger charge is 2.39.